The molecule has 5 aromatic rings. The zero-order valence-electron chi connectivity index (χ0n) is 19.3. The average Bonchev–Trinajstić information content (AvgIpc) is 2.95. The molecule has 0 bridgehead atoms. The zero-order chi connectivity index (χ0) is 24.9. The summed E-state index contributed by atoms with van der Waals surface area (Å²) in [6.07, 6.45) is 0. The SMILES string of the molecule is C=C(Oc1ccc(C#N)cc1N)c1ccc(-c2nc(-c3ccccc3)nc(-c3ccccc3)n2)cc1. The highest BCUT2D eigenvalue weighted by molar-refractivity contribution is 5.69. The van der Waals surface area contributed by atoms with Crippen molar-refractivity contribution in [2.24, 2.45) is 0 Å². The maximum absolute atomic E-state index is 9.02. The van der Waals surface area contributed by atoms with Crippen LogP contribution in [-0.2, 0) is 0 Å². The number of nitrogens with zero attached hydrogens (tertiary/aromatic N) is 4. The number of nitrogen functional groups attached to an aromatic ring is 1. The molecule has 4 aromatic carbocycles. The molecule has 0 radical (unpaired) electrons. The van der Waals surface area contributed by atoms with Gasteiger partial charge in [0.2, 0.25) is 0 Å². The van der Waals surface area contributed by atoms with Crippen LogP contribution in [-0.4, -0.2) is 15.0 Å². The first kappa shape index (κ1) is 22.5. The quantitative estimate of drug-likeness (QED) is 0.230. The van der Waals surface area contributed by atoms with Crippen LogP contribution in [0.15, 0.2) is 110 Å². The van der Waals surface area contributed by atoms with Gasteiger partial charge >= 0.3 is 0 Å². The fraction of sp³-hybridized carbons (Fsp3) is 0. The minimum atomic E-state index is 0.374. The summed E-state index contributed by atoms with van der Waals surface area (Å²) in [7, 11) is 0. The molecule has 1 aromatic heterocycles. The monoisotopic (exact) mass is 467 g/mol. The smallest absolute Gasteiger partial charge is 0.164 e. The van der Waals surface area contributed by atoms with E-state index >= 15 is 0 Å². The van der Waals surface area contributed by atoms with Crippen LogP contribution in [0.5, 0.6) is 5.75 Å². The molecule has 0 spiro atoms. The molecule has 0 aliphatic carbocycles. The predicted octanol–water partition coefficient (Wildman–Crippen LogP) is 6.38. The fourth-order valence-electron chi connectivity index (χ4n) is 3.65. The van der Waals surface area contributed by atoms with Crippen molar-refractivity contribution in [2.45, 2.75) is 0 Å². The summed E-state index contributed by atoms with van der Waals surface area (Å²) >= 11 is 0. The molecule has 2 N–H and O–H groups in total. The number of hydrogen-bond acceptors (Lipinski definition) is 6. The Morgan fingerprint density at radius 2 is 1.19 bits per heavy atom. The van der Waals surface area contributed by atoms with Gasteiger partial charge in [0.1, 0.15) is 11.5 Å². The van der Waals surface area contributed by atoms with Gasteiger partial charge in [0.15, 0.2) is 17.5 Å². The first-order valence-electron chi connectivity index (χ1n) is 11.2. The third-order valence-corrected chi connectivity index (χ3v) is 5.54. The molecule has 0 saturated heterocycles. The van der Waals surface area contributed by atoms with Crippen LogP contribution >= 0.6 is 0 Å². The number of nitriles is 1. The lowest BCUT2D eigenvalue weighted by Crippen LogP contribution is -2.00. The zero-order valence-corrected chi connectivity index (χ0v) is 19.3. The summed E-state index contributed by atoms with van der Waals surface area (Å²) in [6.45, 7) is 4.03. The second-order valence-electron chi connectivity index (χ2n) is 8.01. The molecule has 1 heterocycles. The van der Waals surface area contributed by atoms with E-state index in [2.05, 4.69) is 12.6 Å². The second kappa shape index (κ2) is 9.92. The van der Waals surface area contributed by atoms with Gasteiger partial charge in [0.05, 0.1) is 17.3 Å². The lowest BCUT2D eigenvalue weighted by molar-refractivity contribution is 0.519. The van der Waals surface area contributed by atoms with Crippen molar-refractivity contribution < 1.29 is 4.74 Å². The Kier molecular flexibility index (Phi) is 6.20. The Balaban J connectivity index is 1.46. The van der Waals surface area contributed by atoms with E-state index < -0.39 is 0 Å². The molecular weight excluding hydrogens is 446 g/mol. The Bertz CT molecular complexity index is 1520. The Labute approximate surface area is 209 Å². The highest BCUT2D eigenvalue weighted by Crippen LogP contribution is 2.29. The van der Waals surface area contributed by atoms with E-state index in [1.807, 2.05) is 84.9 Å². The molecule has 36 heavy (non-hydrogen) atoms. The van der Waals surface area contributed by atoms with Crippen LogP contribution in [0.4, 0.5) is 5.69 Å². The number of anilines is 1. The Morgan fingerprint density at radius 1 is 0.694 bits per heavy atom. The summed E-state index contributed by atoms with van der Waals surface area (Å²) in [5.74, 6) is 2.65. The molecule has 5 rings (SSSR count). The van der Waals surface area contributed by atoms with Crippen LogP contribution in [0.25, 0.3) is 39.9 Å². The van der Waals surface area contributed by atoms with Gasteiger partial charge in [-0.3, -0.25) is 0 Å². The van der Waals surface area contributed by atoms with Crippen molar-refractivity contribution in [3.05, 3.63) is 121 Å². The number of ether oxygens (including phenoxy) is 1. The first-order valence-corrected chi connectivity index (χ1v) is 11.2. The summed E-state index contributed by atoms with van der Waals surface area (Å²) in [6, 6.07) is 34.3. The van der Waals surface area contributed by atoms with Crippen LogP contribution in [0, 0.1) is 11.3 Å². The van der Waals surface area contributed by atoms with E-state index in [1.165, 1.54) is 0 Å². The molecule has 0 saturated carbocycles. The minimum Gasteiger partial charge on any atom is -0.455 e. The average molecular weight is 468 g/mol. The van der Waals surface area contributed by atoms with Gasteiger partial charge in [0, 0.05) is 22.3 Å². The molecule has 6 nitrogen and oxygen atoms in total. The second-order valence-corrected chi connectivity index (χ2v) is 8.01. The number of hydrogen-bond donors (Lipinski definition) is 1. The largest absolute Gasteiger partial charge is 0.455 e. The van der Waals surface area contributed by atoms with Gasteiger partial charge in [-0.15, -0.1) is 0 Å². The van der Waals surface area contributed by atoms with Gasteiger partial charge in [-0.1, -0.05) is 91.5 Å². The number of rotatable bonds is 6. The third kappa shape index (κ3) is 4.81. The van der Waals surface area contributed by atoms with E-state index in [0.717, 1.165) is 22.3 Å². The van der Waals surface area contributed by atoms with Crippen molar-refractivity contribution in [3.63, 3.8) is 0 Å². The number of benzene rings is 4. The summed E-state index contributed by atoms with van der Waals surface area (Å²) in [4.78, 5) is 14.2. The van der Waals surface area contributed by atoms with E-state index in [9.17, 15) is 0 Å². The number of aromatic nitrogens is 3. The van der Waals surface area contributed by atoms with E-state index in [4.69, 9.17) is 30.7 Å². The fourth-order valence-corrected chi connectivity index (χ4v) is 3.65. The third-order valence-electron chi connectivity index (χ3n) is 5.54. The van der Waals surface area contributed by atoms with Gasteiger partial charge in [0.25, 0.3) is 0 Å². The van der Waals surface area contributed by atoms with E-state index in [-0.39, 0.29) is 0 Å². The van der Waals surface area contributed by atoms with Crippen LogP contribution in [0.2, 0.25) is 0 Å². The van der Waals surface area contributed by atoms with Crippen LogP contribution < -0.4 is 10.5 Å². The van der Waals surface area contributed by atoms with E-state index in [1.54, 1.807) is 18.2 Å². The van der Waals surface area contributed by atoms with Crippen molar-refractivity contribution in [3.8, 4) is 46.0 Å². The molecule has 172 valence electrons. The molecule has 0 amide bonds. The number of nitrogens with two attached hydrogens (primary N) is 1. The molecule has 0 atom stereocenters. The summed E-state index contributed by atoms with van der Waals surface area (Å²) in [5, 5.41) is 9.02. The lowest BCUT2D eigenvalue weighted by atomic mass is 10.1. The standard InChI is InChI=1S/C30H21N5O/c1-20(36-27-17-12-21(19-31)18-26(27)32)22-13-15-25(16-14-22)30-34-28(23-8-4-2-5-9-23)33-29(35-30)24-10-6-3-7-11-24/h2-18H,1,32H2. The van der Waals surface area contributed by atoms with Crippen molar-refractivity contribution >= 4 is 11.4 Å². The van der Waals surface area contributed by atoms with Crippen LogP contribution in [0.3, 0.4) is 0 Å². The molecule has 6 heteroatoms. The van der Waals surface area contributed by atoms with Crippen molar-refractivity contribution in [1.29, 1.82) is 5.26 Å². The summed E-state index contributed by atoms with van der Waals surface area (Å²) < 4.78 is 5.86. The molecule has 0 aliphatic heterocycles. The maximum Gasteiger partial charge on any atom is 0.164 e. The van der Waals surface area contributed by atoms with Crippen molar-refractivity contribution in [2.75, 3.05) is 5.73 Å². The van der Waals surface area contributed by atoms with Crippen molar-refractivity contribution in [1.82, 2.24) is 15.0 Å². The molecular formula is C30H21N5O. The van der Waals surface area contributed by atoms with Gasteiger partial charge in [-0.2, -0.15) is 5.26 Å². The van der Waals surface area contributed by atoms with Gasteiger partial charge in [-0.25, -0.2) is 15.0 Å². The minimum absolute atomic E-state index is 0.374. The molecule has 0 fully saturated rings. The summed E-state index contributed by atoms with van der Waals surface area (Å²) in [5.41, 5.74) is 10.3. The first-order chi connectivity index (χ1) is 17.6. The molecule has 0 aliphatic rings. The topological polar surface area (TPSA) is 97.7 Å². The highest BCUT2D eigenvalue weighted by Gasteiger charge is 2.13. The highest BCUT2D eigenvalue weighted by atomic mass is 16.5. The van der Waals surface area contributed by atoms with Crippen LogP contribution in [0.1, 0.15) is 11.1 Å². The normalized spacial score (nSPS) is 10.4. The maximum atomic E-state index is 9.02. The Morgan fingerprint density at radius 3 is 1.67 bits per heavy atom. The predicted molar refractivity (Wildman–Crippen MR) is 141 cm³/mol. The van der Waals surface area contributed by atoms with Gasteiger partial charge in [-0.05, 0) is 18.2 Å². The van der Waals surface area contributed by atoms with Gasteiger partial charge < -0.3 is 10.5 Å². The van der Waals surface area contributed by atoms with E-state index in [0.29, 0.717) is 40.2 Å². The molecule has 0 unspecified atom stereocenters. The Hall–Kier alpha value is -5.28. The lowest BCUT2D eigenvalue weighted by Gasteiger charge is -2.12.